The summed E-state index contributed by atoms with van der Waals surface area (Å²) in [5.74, 6) is -1.84. The Kier molecular flexibility index (Phi) is 10.6. The molecule has 17 heteroatoms. The summed E-state index contributed by atoms with van der Waals surface area (Å²) in [5, 5.41) is 28.4. The summed E-state index contributed by atoms with van der Waals surface area (Å²) in [5.41, 5.74) is 4.72. The van der Waals surface area contributed by atoms with E-state index in [9.17, 15) is 18.4 Å². The van der Waals surface area contributed by atoms with Gasteiger partial charge in [0.05, 0.1) is 27.4 Å². The molecule has 4 aromatic carbocycles. The van der Waals surface area contributed by atoms with Crippen LogP contribution in [0.2, 0.25) is 10.0 Å². The van der Waals surface area contributed by atoms with Crippen molar-refractivity contribution >= 4 is 57.1 Å². The summed E-state index contributed by atoms with van der Waals surface area (Å²) in [4.78, 5) is 30.3. The fourth-order valence-electron chi connectivity index (χ4n) is 8.50. The van der Waals surface area contributed by atoms with Crippen LogP contribution in [0.3, 0.4) is 0 Å². The molecular formula is C46H35Cl2F3N10O2. The lowest BCUT2D eigenvalue weighted by Crippen LogP contribution is -2.32. The molecule has 8 aromatic rings. The van der Waals surface area contributed by atoms with Gasteiger partial charge >= 0.3 is 0 Å². The second-order valence-corrected chi connectivity index (χ2v) is 16.4. The Balaban J connectivity index is 0.925. The van der Waals surface area contributed by atoms with E-state index in [1.165, 1.54) is 32.5 Å². The van der Waals surface area contributed by atoms with Crippen molar-refractivity contribution in [3.8, 4) is 45.0 Å². The van der Waals surface area contributed by atoms with E-state index >= 15 is 4.39 Å². The third-order valence-corrected chi connectivity index (χ3v) is 12.4. The molecule has 0 saturated carbocycles. The largest absolute Gasteiger partial charge is 0.340 e. The molecule has 316 valence electrons. The van der Waals surface area contributed by atoms with E-state index < -0.39 is 17.8 Å². The molecule has 2 saturated heterocycles. The minimum Gasteiger partial charge on any atom is -0.340 e. The molecule has 0 radical (unpaired) electrons. The van der Waals surface area contributed by atoms with Crippen molar-refractivity contribution in [2.24, 2.45) is 0 Å². The van der Waals surface area contributed by atoms with Crippen LogP contribution in [-0.2, 0) is 22.7 Å². The predicted octanol–water partition coefficient (Wildman–Crippen LogP) is 8.81. The fraction of sp³-hybridized carbons (Fsp3) is 0.217. The van der Waals surface area contributed by atoms with Crippen LogP contribution in [-0.4, -0.2) is 93.9 Å². The van der Waals surface area contributed by atoms with Crippen LogP contribution in [0.15, 0.2) is 103 Å². The zero-order chi connectivity index (χ0) is 43.4. The van der Waals surface area contributed by atoms with Gasteiger partial charge in [0.2, 0.25) is 11.8 Å². The van der Waals surface area contributed by atoms with Gasteiger partial charge in [0.1, 0.15) is 53.7 Å². The maximum atomic E-state index is 16.4. The van der Waals surface area contributed by atoms with Gasteiger partial charge in [0, 0.05) is 47.8 Å². The highest BCUT2D eigenvalue weighted by Gasteiger charge is 2.32. The fourth-order valence-corrected chi connectivity index (χ4v) is 9.14. The zero-order valence-electron chi connectivity index (χ0n) is 33.3. The Labute approximate surface area is 367 Å². The summed E-state index contributed by atoms with van der Waals surface area (Å²) < 4.78 is 47.4. The molecule has 6 heterocycles. The van der Waals surface area contributed by atoms with Gasteiger partial charge in [-0.2, -0.15) is 10.2 Å². The number of halogens is 5. The first kappa shape index (κ1) is 40.4. The van der Waals surface area contributed by atoms with Crippen molar-refractivity contribution in [2.75, 3.05) is 26.2 Å². The molecule has 0 bridgehead atoms. The van der Waals surface area contributed by atoms with Gasteiger partial charge in [-0.05, 0) is 36.6 Å². The number of hydrogen-bond donors (Lipinski definition) is 0. The molecule has 63 heavy (non-hydrogen) atoms. The Morgan fingerprint density at radius 2 is 1.11 bits per heavy atom. The van der Waals surface area contributed by atoms with Gasteiger partial charge in [0.15, 0.2) is 11.3 Å². The molecule has 0 aliphatic carbocycles. The number of amides is 2. The standard InChI is InChI=1S/C46H35Cl2F3N10O2/c47-39-38-42(57-61(25-36(63)59-19-17-32(50)23-59)46(38)54-52-43(39)27-10-5-2-6-11-27)29-14-15-33(34(51)21-29)30-16-18-58(22-30)35(62)24-60-45-37(41(56-60)26-8-3-1-4-9-26)40(48)44(53-55-45)28-12-7-13-31(49)20-28/h1-15,20-21,30,32H,16-19,22-25H2/t30?,32-/m1/s1. The molecular weight excluding hydrogens is 852 g/mol. The highest BCUT2D eigenvalue weighted by Crippen LogP contribution is 2.40. The summed E-state index contributed by atoms with van der Waals surface area (Å²) in [7, 11) is 0. The highest BCUT2D eigenvalue weighted by molar-refractivity contribution is 6.39. The molecule has 4 aromatic heterocycles. The summed E-state index contributed by atoms with van der Waals surface area (Å²) >= 11 is 14.0. The summed E-state index contributed by atoms with van der Waals surface area (Å²) in [6.45, 7) is 0.528. The molecule has 12 nitrogen and oxygen atoms in total. The summed E-state index contributed by atoms with van der Waals surface area (Å²) in [6.07, 6.45) is -0.307. The normalized spacial score (nSPS) is 16.5. The van der Waals surface area contributed by atoms with Crippen molar-refractivity contribution in [1.82, 2.24) is 49.8 Å². The Morgan fingerprint density at radius 3 is 1.68 bits per heavy atom. The van der Waals surface area contributed by atoms with Crippen LogP contribution < -0.4 is 0 Å². The van der Waals surface area contributed by atoms with Crippen molar-refractivity contribution in [1.29, 1.82) is 0 Å². The average molecular weight is 888 g/mol. The number of aromatic nitrogens is 8. The van der Waals surface area contributed by atoms with E-state index in [1.807, 2.05) is 60.7 Å². The van der Waals surface area contributed by atoms with E-state index in [4.69, 9.17) is 33.4 Å². The maximum Gasteiger partial charge on any atom is 0.244 e. The van der Waals surface area contributed by atoms with Crippen LogP contribution in [0.5, 0.6) is 0 Å². The van der Waals surface area contributed by atoms with Crippen LogP contribution in [0.25, 0.3) is 67.1 Å². The lowest BCUT2D eigenvalue weighted by atomic mass is 9.95. The Bertz CT molecular complexity index is 3080. The smallest absolute Gasteiger partial charge is 0.244 e. The Hall–Kier alpha value is -6.71. The number of nitrogens with zero attached hydrogens (tertiary/aromatic N) is 10. The third kappa shape index (κ3) is 7.54. The van der Waals surface area contributed by atoms with Crippen molar-refractivity contribution in [2.45, 2.75) is 38.0 Å². The number of hydrogen-bond acceptors (Lipinski definition) is 8. The monoisotopic (exact) mass is 886 g/mol. The number of carbonyl (C=O) groups is 2. The topological polar surface area (TPSA) is 128 Å². The minimum atomic E-state index is -1.09. The third-order valence-electron chi connectivity index (χ3n) is 11.7. The van der Waals surface area contributed by atoms with Gasteiger partial charge < -0.3 is 9.80 Å². The van der Waals surface area contributed by atoms with E-state index in [0.717, 1.165) is 5.56 Å². The first-order chi connectivity index (χ1) is 30.6. The molecule has 2 atom stereocenters. The molecule has 2 amide bonds. The lowest BCUT2D eigenvalue weighted by molar-refractivity contribution is -0.131. The summed E-state index contributed by atoms with van der Waals surface area (Å²) in [6, 6.07) is 29.3. The van der Waals surface area contributed by atoms with Gasteiger partial charge in [-0.25, -0.2) is 22.5 Å². The number of carbonyl (C=O) groups excluding carboxylic acids is 2. The number of alkyl halides is 1. The predicted molar refractivity (Wildman–Crippen MR) is 232 cm³/mol. The van der Waals surface area contributed by atoms with Crippen LogP contribution in [0.1, 0.15) is 24.3 Å². The van der Waals surface area contributed by atoms with Crippen molar-refractivity contribution in [3.05, 3.63) is 130 Å². The van der Waals surface area contributed by atoms with Gasteiger partial charge in [-0.3, -0.25) is 9.59 Å². The second-order valence-electron chi connectivity index (χ2n) is 15.7. The molecule has 1 unspecified atom stereocenters. The number of likely N-dealkylation sites (tertiary alicyclic amines) is 2. The van der Waals surface area contributed by atoms with E-state index in [-0.39, 0.29) is 77.4 Å². The molecule has 0 spiro atoms. The van der Waals surface area contributed by atoms with Crippen LogP contribution >= 0.6 is 23.2 Å². The van der Waals surface area contributed by atoms with Crippen molar-refractivity contribution < 1.29 is 22.8 Å². The van der Waals surface area contributed by atoms with Crippen LogP contribution in [0, 0.1) is 11.6 Å². The molecule has 2 aliphatic rings. The maximum absolute atomic E-state index is 16.4. The molecule has 2 aliphatic heterocycles. The number of benzene rings is 4. The minimum absolute atomic E-state index is 0.00526. The first-order valence-corrected chi connectivity index (χ1v) is 21.1. The second kappa shape index (κ2) is 16.5. The SMILES string of the molecule is O=C(Cn1nc(-c2ccccc2)c2c(Cl)c(-c3cccc(F)c3)nnc21)N1CCC(c2ccc(-c3nn(CC(=O)N4CC[C@@H](F)C4)c4nnc(-c5ccccc5)c(Cl)c34)cc2F)C1. The lowest BCUT2D eigenvalue weighted by Gasteiger charge is -2.17. The van der Waals surface area contributed by atoms with Crippen molar-refractivity contribution in [3.63, 3.8) is 0 Å². The molecule has 10 rings (SSSR count). The van der Waals surface area contributed by atoms with Gasteiger partial charge in [-0.15, -0.1) is 20.4 Å². The number of fused-ring (bicyclic) bond motifs is 2. The van der Waals surface area contributed by atoms with E-state index in [1.54, 1.807) is 29.2 Å². The molecule has 2 fully saturated rings. The first-order valence-electron chi connectivity index (χ1n) is 20.3. The highest BCUT2D eigenvalue weighted by atomic mass is 35.5. The average Bonchev–Trinajstić information content (AvgIpc) is 4.11. The van der Waals surface area contributed by atoms with Crippen LogP contribution in [0.4, 0.5) is 13.2 Å². The number of rotatable bonds is 9. The quantitative estimate of drug-likeness (QED) is 0.141. The van der Waals surface area contributed by atoms with Gasteiger partial charge in [0.25, 0.3) is 0 Å². The van der Waals surface area contributed by atoms with E-state index in [2.05, 4.69) is 20.4 Å². The zero-order valence-corrected chi connectivity index (χ0v) is 34.8. The molecule has 0 N–H and O–H groups in total. The van der Waals surface area contributed by atoms with E-state index in [0.29, 0.717) is 69.6 Å². The van der Waals surface area contributed by atoms with Gasteiger partial charge in [-0.1, -0.05) is 108 Å². The Morgan fingerprint density at radius 1 is 0.587 bits per heavy atom.